The van der Waals surface area contributed by atoms with Gasteiger partial charge in [0.05, 0.1) is 11.3 Å². The third-order valence-electron chi connectivity index (χ3n) is 3.99. The molecule has 5 nitrogen and oxygen atoms in total. The Labute approximate surface area is 154 Å². The van der Waals surface area contributed by atoms with Crippen LogP contribution in [-0.2, 0) is 0 Å². The van der Waals surface area contributed by atoms with Gasteiger partial charge in [-0.1, -0.05) is 30.0 Å². The minimum atomic E-state index is -0.273. The highest BCUT2D eigenvalue weighted by Gasteiger charge is 2.20. The van der Waals surface area contributed by atoms with Crippen molar-refractivity contribution in [3.8, 4) is 0 Å². The normalized spacial score (nSPS) is 12.4. The van der Waals surface area contributed by atoms with Crippen molar-refractivity contribution in [2.75, 3.05) is 10.6 Å². The molecule has 3 aromatic rings. The number of aryl methyl sites for hydroxylation is 1. The highest BCUT2D eigenvalue weighted by Crippen LogP contribution is 2.39. The van der Waals surface area contributed by atoms with Gasteiger partial charge < -0.3 is 10.6 Å². The average molecular weight is 361 g/mol. The van der Waals surface area contributed by atoms with Crippen LogP contribution in [0, 0.1) is 6.92 Å². The summed E-state index contributed by atoms with van der Waals surface area (Å²) < 4.78 is 0. The second kappa shape index (κ2) is 6.65. The fourth-order valence-electron chi connectivity index (χ4n) is 2.64. The van der Waals surface area contributed by atoms with E-state index in [0.29, 0.717) is 22.6 Å². The molecule has 0 bridgehead atoms. The highest BCUT2D eigenvalue weighted by molar-refractivity contribution is 7.99. The van der Waals surface area contributed by atoms with Gasteiger partial charge in [-0.25, -0.2) is 4.98 Å². The molecule has 1 aliphatic heterocycles. The number of benzene rings is 2. The molecule has 0 saturated carbocycles. The van der Waals surface area contributed by atoms with E-state index in [1.165, 1.54) is 11.8 Å². The van der Waals surface area contributed by atoms with Crippen LogP contribution in [0.2, 0.25) is 0 Å². The molecule has 0 saturated heterocycles. The number of anilines is 2. The van der Waals surface area contributed by atoms with E-state index in [1.807, 2.05) is 37.3 Å². The number of rotatable bonds is 2. The molecule has 2 amide bonds. The standard InChI is InChI=1S/C20H15N3O2S/c1-12-6-9-18(21-11-12)23-19(24)13-7-8-17-15(10-13)22-20(25)14-4-2-3-5-16(14)26-17/h2-11H,1H3,(H,22,25)(H,21,23,24). The van der Waals surface area contributed by atoms with Gasteiger partial charge in [-0.05, 0) is 48.9 Å². The molecule has 2 N–H and O–H groups in total. The molecule has 6 heteroatoms. The van der Waals surface area contributed by atoms with Crippen LogP contribution in [-0.4, -0.2) is 16.8 Å². The third kappa shape index (κ3) is 3.19. The number of aromatic nitrogens is 1. The summed E-state index contributed by atoms with van der Waals surface area (Å²) in [4.78, 5) is 30.9. The van der Waals surface area contributed by atoms with Gasteiger partial charge in [0.1, 0.15) is 5.82 Å². The second-order valence-corrected chi connectivity index (χ2v) is 7.02. The van der Waals surface area contributed by atoms with Crippen LogP contribution in [0.3, 0.4) is 0 Å². The maximum Gasteiger partial charge on any atom is 0.256 e. The predicted molar refractivity (Wildman–Crippen MR) is 102 cm³/mol. The van der Waals surface area contributed by atoms with E-state index in [-0.39, 0.29) is 11.8 Å². The lowest BCUT2D eigenvalue weighted by molar-refractivity contribution is 0.101. The van der Waals surface area contributed by atoms with Gasteiger partial charge in [-0.3, -0.25) is 9.59 Å². The fourth-order valence-corrected chi connectivity index (χ4v) is 3.65. The number of hydrogen-bond acceptors (Lipinski definition) is 4. The van der Waals surface area contributed by atoms with E-state index >= 15 is 0 Å². The van der Waals surface area contributed by atoms with E-state index in [9.17, 15) is 9.59 Å². The van der Waals surface area contributed by atoms with Gasteiger partial charge in [0.2, 0.25) is 0 Å². The Morgan fingerprint density at radius 3 is 2.73 bits per heavy atom. The fraction of sp³-hybridized carbons (Fsp3) is 0.0500. The van der Waals surface area contributed by atoms with Crippen LogP contribution in [0.1, 0.15) is 26.3 Å². The third-order valence-corrected chi connectivity index (χ3v) is 5.15. The minimum Gasteiger partial charge on any atom is -0.321 e. The van der Waals surface area contributed by atoms with Crippen molar-refractivity contribution in [1.29, 1.82) is 0 Å². The van der Waals surface area contributed by atoms with Crippen molar-refractivity contribution in [1.82, 2.24) is 4.98 Å². The Kier molecular flexibility index (Phi) is 4.18. The molecule has 0 unspecified atom stereocenters. The lowest BCUT2D eigenvalue weighted by Crippen LogP contribution is -2.15. The summed E-state index contributed by atoms with van der Waals surface area (Å²) in [6.07, 6.45) is 1.70. The van der Waals surface area contributed by atoms with Gasteiger partial charge in [0.15, 0.2) is 0 Å². The summed E-state index contributed by atoms with van der Waals surface area (Å²) in [5, 5.41) is 5.66. The van der Waals surface area contributed by atoms with Crippen molar-refractivity contribution in [3.63, 3.8) is 0 Å². The van der Waals surface area contributed by atoms with E-state index in [4.69, 9.17) is 0 Å². The summed E-state index contributed by atoms with van der Waals surface area (Å²) in [5.74, 6) is 0.0381. The smallest absolute Gasteiger partial charge is 0.256 e. The van der Waals surface area contributed by atoms with Crippen LogP contribution in [0.5, 0.6) is 0 Å². The monoisotopic (exact) mass is 361 g/mol. The summed E-state index contributed by atoms with van der Waals surface area (Å²) >= 11 is 1.51. The van der Waals surface area contributed by atoms with Crippen LogP contribution in [0.15, 0.2) is 70.6 Å². The maximum absolute atomic E-state index is 12.5. The Bertz CT molecular complexity index is 1020. The number of nitrogens with one attached hydrogen (secondary N) is 2. The van der Waals surface area contributed by atoms with Crippen molar-refractivity contribution in [2.24, 2.45) is 0 Å². The number of hydrogen-bond donors (Lipinski definition) is 2. The molecule has 0 spiro atoms. The van der Waals surface area contributed by atoms with Gasteiger partial charge in [-0.15, -0.1) is 0 Å². The molecule has 128 valence electrons. The maximum atomic E-state index is 12.5. The van der Waals surface area contributed by atoms with Gasteiger partial charge in [0.25, 0.3) is 11.8 Å². The molecule has 2 aromatic carbocycles. The van der Waals surface area contributed by atoms with Crippen molar-refractivity contribution in [2.45, 2.75) is 16.7 Å². The second-order valence-electron chi connectivity index (χ2n) is 5.94. The first-order valence-electron chi connectivity index (χ1n) is 8.06. The highest BCUT2D eigenvalue weighted by atomic mass is 32.2. The molecule has 0 radical (unpaired) electrons. The molecule has 1 aliphatic rings. The lowest BCUT2D eigenvalue weighted by atomic mass is 10.1. The molecular weight excluding hydrogens is 346 g/mol. The van der Waals surface area contributed by atoms with Crippen LogP contribution >= 0.6 is 11.8 Å². The van der Waals surface area contributed by atoms with Crippen molar-refractivity contribution < 1.29 is 9.59 Å². The molecule has 0 fully saturated rings. The van der Waals surface area contributed by atoms with Gasteiger partial charge in [-0.2, -0.15) is 0 Å². The zero-order valence-corrected chi connectivity index (χ0v) is 14.8. The Hall–Kier alpha value is -3.12. The average Bonchev–Trinajstić information content (AvgIpc) is 2.79. The first-order chi connectivity index (χ1) is 12.6. The Morgan fingerprint density at radius 2 is 1.92 bits per heavy atom. The van der Waals surface area contributed by atoms with E-state index in [1.54, 1.807) is 30.5 Å². The summed E-state index contributed by atoms with van der Waals surface area (Å²) in [6.45, 7) is 1.93. The molecule has 0 atom stereocenters. The van der Waals surface area contributed by atoms with Crippen LogP contribution < -0.4 is 10.6 Å². The number of pyridine rings is 1. The van der Waals surface area contributed by atoms with Crippen molar-refractivity contribution in [3.05, 3.63) is 77.5 Å². The van der Waals surface area contributed by atoms with E-state index in [2.05, 4.69) is 15.6 Å². The quantitative estimate of drug-likeness (QED) is 0.711. The zero-order valence-electron chi connectivity index (χ0n) is 13.9. The molecule has 2 heterocycles. The SMILES string of the molecule is Cc1ccc(NC(=O)c2ccc3c(c2)NC(=O)c2ccccc2S3)nc1. The van der Waals surface area contributed by atoms with E-state index in [0.717, 1.165) is 15.4 Å². The van der Waals surface area contributed by atoms with Gasteiger partial charge in [0, 0.05) is 21.6 Å². The van der Waals surface area contributed by atoms with Crippen LogP contribution in [0.4, 0.5) is 11.5 Å². The number of carbonyl (C=O) groups is 2. The summed E-state index contributed by atoms with van der Waals surface area (Å²) in [6, 6.07) is 16.4. The Morgan fingerprint density at radius 1 is 1.08 bits per heavy atom. The first kappa shape index (κ1) is 16.4. The van der Waals surface area contributed by atoms with Crippen molar-refractivity contribution >= 4 is 35.1 Å². The number of carbonyl (C=O) groups excluding carboxylic acids is 2. The molecule has 1 aromatic heterocycles. The first-order valence-corrected chi connectivity index (χ1v) is 8.88. The number of fused-ring (bicyclic) bond motifs is 2. The lowest BCUT2D eigenvalue weighted by Gasteiger charge is -2.09. The molecule has 26 heavy (non-hydrogen) atoms. The predicted octanol–water partition coefficient (Wildman–Crippen LogP) is 4.36. The topological polar surface area (TPSA) is 71.1 Å². The van der Waals surface area contributed by atoms with E-state index < -0.39 is 0 Å². The van der Waals surface area contributed by atoms with Gasteiger partial charge >= 0.3 is 0 Å². The Balaban J connectivity index is 1.61. The molecular formula is C20H15N3O2S. The number of amides is 2. The molecule has 0 aliphatic carbocycles. The minimum absolute atomic E-state index is 0.176. The zero-order chi connectivity index (χ0) is 18.1. The number of nitrogens with zero attached hydrogens (tertiary/aromatic N) is 1. The summed E-state index contributed by atoms with van der Waals surface area (Å²) in [5.41, 5.74) is 2.73. The summed E-state index contributed by atoms with van der Waals surface area (Å²) in [7, 11) is 0. The van der Waals surface area contributed by atoms with Crippen LogP contribution in [0.25, 0.3) is 0 Å². The molecule has 4 rings (SSSR count). The largest absolute Gasteiger partial charge is 0.321 e.